The van der Waals surface area contributed by atoms with Crippen LogP contribution in [0.4, 0.5) is 4.79 Å². The van der Waals surface area contributed by atoms with E-state index >= 15 is 0 Å². The second-order valence-corrected chi connectivity index (χ2v) is 7.01. The Labute approximate surface area is 136 Å². The highest BCUT2D eigenvalue weighted by Gasteiger charge is 2.50. The largest absolute Gasteiger partial charge is 0.480 e. The van der Waals surface area contributed by atoms with Crippen LogP contribution in [-0.4, -0.2) is 65.5 Å². The Kier molecular flexibility index (Phi) is 4.46. The smallest absolute Gasteiger partial charge is 0.319 e. The normalized spacial score (nSPS) is 24.8. The number of aliphatic carboxylic acids is 1. The maximum absolute atomic E-state index is 12.7. The lowest BCUT2D eigenvalue weighted by Crippen LogP contribution is -2.50. The zero-order valence-corrected chi connectivity index (χ0v) is 13.4. The first kappa shape index (κ1) is 16.1. The number of piperidine rings is 1. The summed E-state index contributed by atoms with van der Waals surface area (Å²) >= 11 is 0. The number of amides is 3. The van der Waals surface area contributed by atoms with Gasteiger partial charge in [-0.1, -0.05) is 12.8 Å². The number of nitrogens with zero attached hydrogens (tertiary/aromatic N) is 2. The van der Waals surface area contributed by atoms with Crippen LogP contribution in [0.5, 0.6) is 0 Å². The van der Waals surface area contributed by atoms with Crippen molar-refractivity contribution >= 4 is 17.9 Å². The van der Waals surface area contributed by atoms with Gasteiger partial charge < -0.3 is 20.2 Å². The molecule has 23 heavy (non-hydrogen) atoms. The minimum absolute atomic E-state index is 0.000656. The average Bonchev–Trinajstić information content (AvgIpc) is 3.18. The highest BCUT2D eigenvalue weighted by molar-refractivity contribution is 6.02. The SMILES string of the molecule is O=C1NCCN1CC1CCN(C(=O)C2(C(=O)O)CCCC2)CC1. The monoisotopic (exact) mass is 323 g/mol. The minimum atomic E-state index is -1.18. The maximum atomic E-state index is 12.7. The van der Waals surface area contributed by atoms with Crippen LogP contribution < -0.4 is 5.32 Å². The van der Waals surface area contributed by atoms with Crippen LogP contribution in [0.15, 0.2) is 0 Å². The van der Waals surface area contributed by atoms with E-state index < -0.39 is 11.4 Å². The van der Waals surface area contributed by atoms with Gasteiger partial charge in [-0.15, -0.1) is 0 Å². The van der Waals surface area contributed by atoms with Gasteiger partial charge in [-0.25, -0.2) is 4.79 Å². The number of rotatable bonds is 4. The van der Waals surface area contributed by atoms with Gasteiger partial charge in [0.2, 0.25) is 5.91 Å². The summed E-state index contributed by atoms with van der Waals surface area (Å²) < 4.78 is 0. The number of hydrogen-bond donors (Lipinski definition) is 2. The summed E-state index contributed by atoms with van der Waals surface area (Å²) in [4.78, 5) is 39.5. The summed E-state index contributed by atoms with van der Waals surface area (Å²) in [6, 6.07) is -0.000656. The Morgan fingerprint density at radius 3 is 2.35 bits per heavy atom. The highest BCUT2D eigenvalue weighted by Crippen LogP contribution is 2.40. The molecule has 2 aliphatic heterocycles. The Morgan fingerprint density at radius 2 is 1.83 bits per heavy atom. The average molecular weight is 323 g/mol. The number of carboxylic acids is 1. The van der Waals surface area contributed by atoms with Crippen molar-refractivity contribution in [2.24, 2.45) is 11.3 Å². The van der Waals surface area contributed by atoms with E-state index in [1.54, 1.807) is 4.90 Å². The van der Waals surface area contributed by atoms with Gasteiger partial charge in [0, 0.05) is 32.7 Å². The van der Waals surface area contributed by atoms with E-state index in [-0.39, 0.29) is 11.9 Å². The fourth-order valence-corrected chi connectivity index (χ4v) is 4.12. The standard InChI is InChI=1S/C16H25N3O4/c20-13(16(14(21)22)5-1-2-6-16)18-8-3-12(4-9-18)11-19-10-7-17-15(19)23/h12H,1-11H2,(H,17,23)(H,21,22). The van der Waals surface area contributed by atoms with Crippen LogP contribution in [0.1, 0.15) is 38.5 Å². The van der Waals surface area contributed by atoms with Crippen molar-refractivity contribution in [2.45, 2.75) is 38.5 Å². The van der Waals surface area contributed by atoms with Crippen molar-refractivity contribution < 1.29 is 19.5 Å². The molecule has 3 amide bonds. The van der Waals surface area contributed by atoms with Crippen molar-refractivity contribution in [1.82, 2.24) is 15.1 Å². The van der Waals surface area contributed by atoms with E-state index in [0.717, 1.165) is 38.8 Å². The van der Waals surface area contributed by atoms with Crippen molar-refractivity contribution in [3.8, 4) is 0 Å². The third-order valence-corrected chi connectivity index (χ3v) is 5.60. The molecule has 2 N–H and O–H groups in total. The summed E-state index contributed by atoms with van der Waals surface area (Å²) in [5, 5.41) is 12.3. The lowest BCUT2D eigenvalue weighted by molar-refractivity contribution is -0.161. The van der Waals surface area contributed by atoms with Gasteiger partial charge in [-0.3, -0.25) is 9.59 Å². The van der Waals surface area contributed by atoms with Crippen LogP contribution in [-0.2, 0) is 9.59 Å². The van der Waals surface area contributed by atoms with Crippen LogP contribution in [0.2, 0.25) is 0 Å². The number of carboxylic acid groups (broad SMARTS) is 1. The molecule has 1 aliphatic carbocycles. The molecule has 0 bridgehead atoms. The molecule has 7 nitrogen and oxygen atoms in total. The van der Waals surface area contributed by atoms with Gasteiger partial charge in [0.25, 0.3) is 0 Å². The molecule has 0 aromatic carbocycles. The topological polar surface area (TPSA) is 90.0 Å². The van der Waals surface area contributed by atoms with E-state index in [2.05, 4.69) is 5.32 Å². The summed E-state index contributed by atoms with van der Waals surface area (Å²) in [6.45, 7) is 3.40. The number of hydrogen-bond acceptors (Lipinski definition) is 3. The Hall–Kier alpha value is -1.79. The Bertz CT molecular complexity index is 494. The molecule has 0 radical (unpaired) electrons. The molecule has 128 valence electrons. The molecule has 0 aromatic rings. The Balaban J connectivity index is 1.55. The van der Waals surface area contributed by atoms with Gasteiger partial charge in [-0.05, 0) is 31.6 Å². The quantitative estimate of drug-likeness (QED) is 0.752. The van der Waals surface area contributed by atoms with E-state index in [9.17, 15) is 19.5 Å². The van der Waals surface area contributed by atoms with Gasteiger partial charge in [0.15, 0.2) is 0 Å². The first-order valence-corrected chi connectivity index (χ1v) is 8.58. The molecule has 0 aromatic heterocycles. The maximum Gasteiger partial charge on any atom is 0.319 e. The predicted octanol–water partition coefficient (Wildman–Crippen LogP) is 0.895. The second kappa shape index (κ2) is 6.37. The zero-order valence-electron chi connectivity index (χ0n) is 13.4. The Morgan fingerprint density at radius 1 is 1.17 bits per heavy atom. The summed E-state index contributed by atoms with van der Waals surface area (Å²) in [5.74, 6) is -0.761. The first-order chi connectivity index (χ1) is 11.0. The van der Waals surface area contributed by atoms with Crippen LogP contribution in [0.25, 0.3) is 0 Å². The molecular weight excluding hydrogens is 298 g/mol. The molecule has 1 saturated carbocycles. The molecule has 3 aliphatic rings. The zero-order chi connectivity index (χ0) is 16.4. The van der Waals surface area contributed by atoms with E-state index in [0.29, 0.717) is 38.4 Å². The molecule has 0 unspecified atom stereocenters. The molecule has 3 fully saturated rings. The molecule has 2 saturated heterocycles. The molecule has 0 atom stereocenters. The van der Waals surface area contributed by atoms with E-state index in [1.165, 1.54) is 0 Å². The number of nitrogens with one attached hydrogen (secondary N) is 1. The van der Waals surface area contributed by atoms with Gasteiger partial charge >= 0.3 is 12.0 Å². The summed E-state index contributed by atoms with van der Waals surface area (Å²) in [7, 11) is 0. The van der Waals surface area contributed by atoms with Crippen LogP contribution in [0.3, 0.4) is 0 Å². The molecule has 0 spiro atoms. The van der Waals surface area contributed by atoms with Crippen molar-refractivity contribution in [3.05, 3.63) is 0 Å². The number of likely N-dealkylation sites (tertiary alicyclic amines) is 1. The van der Waals surface area contributed by atoms with Gasteiger partial charge in [0.05, 0.1) is 0 Å². The minimum Gasteiger partial charge on any atom is -0.480 e. The fourth-order valence-electron chi connectivity index (χ4n) is 4.12. The summed E-state index contributed by atoms with van der Waals surface area (Å²) in [5.41, 5.74) is -1.18. The van der Waals surface area contributed by atoms with Crippen molar-refractivity contribution in [3.63, 3.8) is 0 Å². The lowest BCUT2D eigenvalue weighted by Gasteiger charge is -2.37. The predicted molar refractivity (Wildman–Crippen MR) is 82.8 cm³/mol. The highest BCUT2D eigenvalue weighted by atomic mass is 16.4. The molecule has 2 heterocycles. The first-order valence-electron chi connectivity index (χ1n) is 8.58. The van der Waals surface area contributed by atoms with Gasteiger partial charge in [-0.2, -0.15) is 0 Å². The van der Waals surface area contributed by atoms with Gasteiger partial charge in [0.1, 0.15) is 5.41 Å². The third-order valence-electron chi connectivity index (χ3n) is 5.60. The third kappa shape index (κ3) is 3.01. The van der Waals surface area contributed by atoms with Crippen LogP contribution >= 0.6 is 0 Å². The fraction of sp³-hybridized carbons (Fsp3) is 0.812. The number of urea groups is 1. The number of carbonyl (C=O) groups is 3. The van der Waals surface area contributed by atoms with Crippen molar-refractivity contribution in [2.75, 3.05) is 32.7 Å². The summed E-state index contributed by atoms with van der Waals surface area (Å²) in [6.07, 6.45) is 4.25. The van der Waals surface area contributed by atoms with E-state index in [1.807, 2.05) is 4.90 Å². The van der Waals surface area contributed by atoms with Crippen molar-refractivity contribution in [1.29, 1.82) is 0 Å². The molecular formula is C16H25N3O4. The van der Waals surface area contributed by atoms with E-state index in [4.69, 9.17) is 0 Å². The number of carbonyl (C=O) groups excluding carboxylic acids is 2. The molecule has 7 heteroatoms. The molecule has 3 rings (SSSR count). The second-order valence-electron chi connectivity index (χ2n) is 7.01. The lowest BCUT2D eigenvalue weighted by atomic mass is 9.83. The van der Waals surface area contributed by atoms with Crippen LogP contribution in [0, 0.1) is 11.3 Å².